The Balaban J connectivity index is 2.15. The summed E-state index contributed by atoms with van der Waals surface area (Å²) in [7, 11) is 2.05. The minimum absolute atomic E-state index is 0.313. The molecule has 1 aliphatic heterocycles. The fourth-order valence-corrected chi connectivity index (χ4v) is 4.29. The molecule has 20 heavy (non-hydrogen) atoms. The number of hydrogen-bond acceptors (Lipinski definition) is 3. The molecule has 1 N–H and O–H groups in total. The van der Waals surface area contributed by atoms with Crippen LogP contribution in [0, 0.1) is 28.1 Å². The van der Waals surface area contributed by atoms with Crippen molar-refractivity contribution >= 4 is 0 Å². The molecule has 2 aliphatic rings. The van der Waals surface area contributed by atoms with Gasteiger partial charge in [0.25, 0.3) is 0 Å². The van der Waals surface area contributed by atoms with Crippen LogP contribution in [0.25, 0.3) is 0 Å². The average molecular weight is 278 g/mol. The van der Waals surface area contributed by atoms with E-state index in [2.05, 4.69) is 38.8 Å². The van der Waals surface area contributed by atoms with Crippen molar-refractivity contribution in [3.8, 4) is 6.07 Å². The Morgan fingerprint density at radius 3 is 2.25 bits per heavy atom. The Hall–Kier alpha value is -0.590. The summed E-state index contributed by atoms with van der Waals surface area (Å²) in [5.74, 6) is 0.675. The SMILES string of the molecule is CN1CCCC(O)(C2(C#N)CCC(C(C)(C)C)CC2)C1. The molecule has 1 saturated carbocycles. The summed E-state index contributed by atoms with van der Waals surface area (Å²) in [5.41, 5.74) is -1.02. The first kappa shape index (κ1) is 15.8. The lowest BCUT2D eigenvalue weighted by atomic mass is 9.57. The summed E-state index contributed by atoms with van der Waals surface area (Å²) in [6.07, 6.45) is 5.64. The molecule has 1 aliphatic carbocycles. The summed E-state index contributed by atoms with van der Waals surface area (Å²) < 4.78 is 0. The van der Waals surface area contributed by atoms with Crippen molar-refractivity contribution in [1.82, 2.24) is 4.90 Å². The number of likely N-dealkylation sites (tertiary alicyclic amines) is 1. The predicted octanol–water partition coefficient (Wildman–Crippen LogP) is 3.19. The molecule has 3 heteroatoms. The van der Waals surface area contributed by atoms with Gasteiger partial charge >= 0.3 is 0 Å². The summed E-state index contributed by atoms with van der Waals surface area (Å²) in [6, 6.07) is 2.54. The second-order valence-corrected chi connectivity index (χ2v) is 8.21. The molecule has 2 rings (SSSR count). The molecule has 0 bridgehead atoms. The van der Waals surface area contributed by atoms with E-state index in [4.69, 9.17) is 0 Å². The van der Waals surface area contributed by atoms with Crippen LogP contribution in [-0.4, -0.2) is 35.7 Å². The molecular weight excluding hydrogens is 248 g/mol. The average Bonchev–Trinajstić information content (AvgIpc) is 2.37. The molecule has 114 valence electrons. The van der Waals surface area contributed by atoms with Gasteiger partial charge in [0.15, 0.2) is 0 Å². The summed E-state index contributed by atoms with van der Waals surface area (Å²) in [4.78, 5) is 2.18. The van der Waals surface area contributed by atoms with Crippen molar-refractivity contribution in [2.24, 2.45) is 16.7 Å². The van der Waals surface area contributed by atoms with Crippen LogP contribution in [-0.2, 0) is 0 Å². The van der Waals surface area contributed by atoms with E-state index in [0.29, 0.717) is 17.9 Å². The van der Waals surface area contributed by atoms with Crippen molar-refractivity contribution in [1.29, 1.82) is 5.26 Å². The van der Waals surface area contributed by atoms with Gasteiger partial charge in [-0.1, -0.05) is 20.8 Å². The van der Waals surface area contributed by atoms with Crippen molar-refractivity contribution in [2.75, 3.05) is 20.1 Å². The topological polar surface area (TPSA) is 47.3 Å². The minimum Gasteiger partial charge on any atom is -0.387 e. The van der Waals surface area contributed by atoms with Crippen molar-refractivity contribution in [3.63, 3.8) is 0 Å². The van der Waals surface area contributed by atoms with Crippen LogP contribution in [0.1, 0.15) is 59.3 Å². The maximum Gasteiger partial charge on any atom is 0.0959 e. The zero-order valence-corrected chi connectivity index (χ0v) is 13.6. The molecule has 3 nitrogen and oxygen atoms in total. The molecular formula is C17H30N2O. The van der Waals surface area contributed by atoms with Crippen molar-refractivity contribution in [2.45, 2.75) is 64.9 Å². The molecule has 0 spiro atoms. The van der Waals surface area contributed by atoms with Gasteiger partial charge < -0.3 is 10.0 Å². The first-order chi connectivity index (χ1) is 9.22. The largest absolute Gasteiger partial charge is 0.387 e. The number of nitrogens with zero attached hydrogens (tertiary/aromatic N) is 2. The number of nitriles is 1. The van der Waals surface area contributed by atoms with Crippen molar-refractivity contribution in [3.05, 3.63) is 0 Å². The van der Waals surface area contributed by atoms with Gasteiger partial charge in [0.2, 0.25) is 0 Å². The van der Waals surface area contributed by atoms with Gasteiger partial charge in [-0.3, -0.25) is 0 Å². The molecule has 0 radical (unpaired) electrons. The summed E-state index contributed by atoms with van der Waals surface area (Å²) in [5, 5.41) is 20.9. The number of hydrogen-bond donors (Lipinski definition) is 1. The van der Waals surface area contributed by atoms with Crippen molar-refractivity contribution < 1.29 is 5.11 Å². The monoisotopic (exact) mass is 278 g/mol. The third kappa shape index (κ3) is 2.73. The third-order valence-corrected chi connectivity index (χ3v) is 5.83. The summed E-state index contributed by atoms with van der Waals surface area (Å²) >= 11 is 0. The number of rotatable bonds is 1. The van der Waals surface area contributed by atoms with Gasteiger partial charge in [0.1, 0.15) is 0 Å². The molecule has 1 saturated heterocycles. The quantitative estimate of drug-likeness (QED) is 0.801. The first-order valence-electron chi connectivity index (χ1n) is 8.05. The second-order valence-electron chi connectivity index (χ2n) is 8.21. The molecule has 2 fully saturated rings. The van der Waals surface area contributed by atoms with E-state index in [-0.39, 0.29) is 0 Å². The van der Waals surface area contributed by atoms with Gasteiger partial charge in [0.05, 0.1) is 17.1 Å². The maximum atomic E-state index is 11.1. The van der Waals surface area contributed by atoms with Crippen LogP contribution >= 0.6 is 0 Å². The van der Waals surface area contributed by atoms with Crippen LogP contribution in [0.15, 0.2) is 0 Å². The van der Waals surface area contributed by atoms with Gasteiger partial charge in [-0.2, -0.15) is 5.26 Å². The highest BCUT2D eigenvalue weighted by molar-refractivity contribution is 5.15. The summed E-state index contributed by atoms with van der Waals surface area (Å²) in [6.45, 7) is 8.57. The van der Waals surface area contributed by atoms with E-state index in [1.54, 1.807) is 0 Å². The van der Waals surface area contributed by atoms with Crippen LogP contribution in [0.2, 0.25) is 0 Å². The molecule has 1 atom stereocenters. The molecule has 0 amide bonds. The second kappa shape index (κ2) is 5.31. The Kier molecular flexibility index (Phi) is 4.19. The van der Waals surface area contributed by atoms with E-state index in [9.17, 15) is 10.4 Å². The zero-order chi connectivity index (χ0) is 15.0. The number of β-amino-alcohol motifs (C(OH)–C–C–N with tert-alkyl or cyclic N) is 1. The number of aliphatic hydroxyl groups is 1. The Labute approximate surface area is 124 Å². The highest BCUT2D eigenvalue weighted by Gasteiger charge is 2.54. The predicted molar refractivity (Wildman–Crippen MR) is 81.1 cm³/mol. The van der Waals surface area contributed by atoms with Crippen LogP contribution in [0.5, 0.6) is 0 Å². The fourth-order valence-electron chi connectivity index (χ4n) is 4.29. The van der Waals surface area contributed by atoms with Crippen LogP contribution in [0.4, 0.5) is 0 Å². The molecule has 0 aromatic heterocycles. The maximum absolute atomic E-state index is 11.1. The zero-order valence-electron chi connectivity index (χ0n) is 13.6. The number of likely N-dealkylation sites (N-methyl/N-ethyl adjacent to an activating group) is 1. The van der Waals surface area contributed by atoms with E-state index in [1.165, 1.54) is 0 Å². The third-order valence-electron chi connectivity index (χ3n) is 5.83. The highest BCUT2D eigenvalue weighted by Crippen LogP contribution is 2.52. The Bertz CT molecular complexity index is 385. The van der Waals surface area contributed by atoms with E-state index < -0.39 is 11.0 Å². The first-order valence-corrected chi connectivity index (χ1v) is 8.05. The lowest BCUT2D eigenvalue weighted by Gasteiger charge is -2.51. The van der Waals surface area contributed by atoms with Gasteiger partial charge in [-0.25, -0.2) is 0 Å². The van der Waals surface area contributed by atoms with E-state index >= 15 is 0 Å². The minimum atomic E-state index is -0.808. The number of piperidine rings is 1. The normalized spacial score (nSPS) is 40.3. The highest BCUT2D eigenvalue weighted by atomic mass is 16.3. The smallest absolute Gasteiger partial charge is 0.0959 e. The van der Waals surface area contributed by atoms with E-state index in [0.717, 1.165) is 45.1 Å². The standard InChI is InChI=1S/C17H30N2O/c1-15(2,3)14-6-9-16(12-18,10-7-14)17(20)8-5-11-19(4)13-17/h14,20H,5-11,13H2,1-4H3. The van der Waals surface area contributed by atoms with E-state index in [1.807, 2.05) is 0 Å². The lowest BCUT2D eigenvalue weighted by molar-refractivity contribution is -0.119. The molecule has 0 aromatic carbocycles. The molecule has 0 aromatic rings. The Morgan fingerprint density at radius 2 is 1.80 bits per heavy atom. The van der Waals surface area contributed by atoms with Gasteiger partial charge in [-0.05, 0) is 63.5 Å². The van der Waals surface area contributed by atoms with Gasteiger partial charge in [0, 0.05) is 6.54 Å². The van der Waals surface area contributed by atoms with Crippen LogP contribution < -0.4 is 0 Å². The van der Waals surface area contributed by atoms with Gasteiger partial charge in [-0.15, -0.1) is 0 Å². The molecule has 1 heterocycles. The fraction of sp³-hybridized carbons (Fsp3) is 0.941. The Morgan fingerprint density at radius 1 is 1.20 bits per heavy atom. The lowest BCUT2D eigenvalue weighted by Crippen LogP contribution is -2.58. The van der Waals surface area contributed by atoms with Crippen LogP contribution in [0.3, 0.4) is 0 Å². The molecule has 1 unspecified atom stereocenters.